The summed E-state index contributed by atoms with van der Waals surface area (Å²) < 4.78 is 19.1. The Balaban J connectivity index is 2.28. The van der Waals surface area contributed by atoms with Gasteiger partial charge in [-0.1, -0.05) is 19.1 Å². The van der Waals surface area contributed by atoms with Crippen molar-refractivity contribution in [3.05, 3.63) is 63.9 Å². The highest BCUT2D eigenvalue weighted by molar-refractivity contribution is 9.10. The SMILES string of the molecule is CCCOC(=O)c1ccc(F)cc1NC(=O)c1ccccc1Br. The topological polar surface area (TPSA) is 55.4 Å². The van der Waals surface area contributed by atoms with Crippen LogP contribution in [-0.2, 0) is 4.74 Å². The Labute approximate surface area is 141 Å². The summed E-state index contributed by atoms with van der Waals surface area (Å²) >= 11 is 3.28. The molecule has 0 atom stereocenters. The fourth-order valence-electron chi connectivity index (χ4n) is 1.91. The minimum atomic E-state index is -0.603. The van der Waals surface area contributed by atoms with Gasteiger partial charge in [-0.3, -0.25) is 4.79 Å². The van der Waals surface area contributed by atoms with Crippen molar-refractivity contribution < 1.29 is 18.7 Å². The normalized spacial score (nSPS) is 10.2. The van der Waals surface area contributed by atoms with E-state index in [1.54, 1.807) is 24.3 Å². The van der Waals surface area contributed by atoms with Crippen molar-refractivity contribution >= 4 is 33.5 Å². The molecule has 2 aromatic rings. The number of carbonyl (C=O) groups excluding carboxylic acids is 2. The molecule has 2 rings (SSSR count). The van der Waals surface area contributed by atoms with Crippen LogP contribution in [0.1, 0.15) is 34.1 Å². The second-order valence-corrected chi connectivity index (χ2v) is 5.61. The Morgan fingerprint density at radius 2 is 1.91 bits per heavy atom. The van der Waals surface area contributed by atoms with E-state index in [9.17, 15) is 14.0 Å². The minimum absolute atomic E-state index is 0.0758. The molecular weight excluding hydrogens is 365 g/mol. The van der Waals surface area contributed by atoms with Crippen molar-refractivity contribution in [2.45, 2.75) is 13.3 Å². The number of carbonyl (C=O) groups is 2. The summed E-state index contributed by atoms with van der Waals surface area (Å²) in [4.78, 5) is 24.3. The zero-order valence-corrected chi connectivity index (χ0v) is 14.0. The highest BCUT2D eigenvalue weighted by Gasteiger charge is 2.17. The molecule has 0 aromatic heterocycles. The van der Waals surface area contributed by atoms with E-state index in [1.807, 2.05) is 6.92 Å². The maximum Gasteiger partial charge on any atom is 0.340 e. The summed E-state index contributed by atoms with van der Waals surface area (Å²) in [6, 6.07) is 10.4. The van der Waals surface area contributed by atoms with Crippen molar-refractivity contribution in [1.29, 1.82) is 0 Å². The number of ether oxygens (including phenoxy) is 1. The Kier molecular flexibility index (Phi) is 5.87. The molecule has 0 aliphatic carbocycles. The summed E-state index contributed by atoms with van der Waals surface area (Å²) in [5, 5.41) is 2.56. The maximum absolute atomic E-state index is 13.5. The van der Waals surface area contributed by atoms with Crippen LogP contribution < -0.4 is 5.32 Å². The molecule has 23 heavy (non-hydrogen) atoms. The molecule has 0 saturated heterocycles. The van der Waals surface area contributed by atoms with E-state index in [4.69, 9.17) is 4.74 Å². The van der Waals surface area contributed by atoms with Gasteiger partial charge in [-0.15, -0.1) is 0 Å². The third-order valence-corrected chi connectivity index (χ3v) is 3.70. The smallest absolute Gasteiger partial charge is 0.340 e. The molecule has 0 radical (unpaired) electrons. The fourth-order valence-corrected chi connectivity index (χ4v) is 2.37. The maximum atomic E-state index is 13.5. The van der Waals surface area contributed by atoms with Gasteiger partial charge in [-0.2, -0.15) is 0 Å². The second-order valence-electron chi connectivity index (χ2n) is 4.76. The van der Waals surface area contributed by atoms with Crippen molar-refractivity contribution in [1.82, 2.24) is 0 Å². The molecule has 2 aromatic carbocycles. The number of hydrogen-bond donors (Lipinski definition) is 1. The third-order valence-electron chi connectivity index (χ3n) is 3.01. The quantitative estimate of drug-likeness (QED) is 0.782. The zero-order valence-electron chi connectivity index (χ0n) is 12.4. The van der Waals surface area contributed by atoms with Crippen molar-refractivity contribution in [3.8, 4) is 0 Å². The Hall–Kier alpha value is -2.21. The van der Waals surface area contributed by atoms with Gasteiger partial charge in [0.05, 0.1) is 23.4 Å². The number of amides is 1. The largest absolute Gasteiger partial charge is 0.462 e. The highest BCUT2D eigenvalue weighted by atomic mass is 79.9. The van der Waals surface area contributed by atoms with Crippen LogP contribution in [0.3, 0.4) is 0 Å². The number of esters is 1. The first kappa shape index (κ1) is 17.1. The predicted octanol–water partition coefficient (Wildman–Crippen LogP) is 4.41. The number of benzene rings is 2. The number of anilines is 1. The fraction of sp³-hybridized carbons (Fsp3) is 0.176. The van der Waals surface area contributed by atoms with Crippen LogP contribution in [0, 0.1) is 5.82 Å². The number of nitrogens with one attached hydrogen (secondary N) is 1. The first-order valence-corrected chi connectivity index (χ1v) is 7.84. The molecule has 0 heterocycles. The van der Waals surface area contributed by atoms with Gasteiger partial charge in [-0.25, -0.2) is 9.18 Å². The lowest BCUT2D eigenvalue weighted by Crippen LogP contribution is -2.16. The standard InChI is InChI=1S/C17H15BrFNO3/c1-2-9-23-17(22)13-8-7-11(19)10-15(13)20-16(21)12-5-3-4-6-14(12)18/h3-8,10H,2,9H2,1H3,(H,20,21). The summed E-state index contributed by atoms with van der Waals surface area (Å²) in [5.74, 6) is -1.61. The molecule has 6 heteroatoms. The molecule has 4 nitrogen and oxygen atoms in total. The van der Waals surface area contributed by atoms with E-state index in [1.165, 1.54) is 6.07 Å². The monoisotopic (exact) mass is 379 g/mol. The first-order chi connectivity index (χ1) is 11.0. The summed E-state index contributed by atoms with van der Waals surface area (Å²) in [6.07, 6.45) is 0.672. The third kappa shape index (κ3) is 4.39. The molecule has 0 aliphatic heterocycles. The molecule has 0 fully saturated rings. The Morgan fingerprint density at radius 1 is 1.17 bits per heavy atom. The van der Waals surface area contributed by atoms with Crippen molar-refractivity contribution in [3.63, 3.8) is 0 Å². The number of rotatable bonds is 5. The van der Waals surface area contributed by atoms with Gasteiger partial charge in [0.25, 0.3) is 5.91 Å². The molecule has 0 spiro atoms. The van der Waals surface area contributed by atoms with E-state index in [-0.39, 0.29) is 17.9 Å². The minimum Gasteiger partial charge on any atom is -0.462 e. The average molecular weight is 380 g/mol. The molecule has 0 aliphatic rings. The summed E-state index contributed by atoms with van der Waals surface area (Å²) in [7, 11) is 0. The second kappa shape index (κ2) is 7.87. The van der Waals surface area contributed by atoms with Crippen molar-refractivity contribution in [2.75, 3.05) is 11.9 Å². The first-order valence-electron chi connectivity index (χ1n) is 7.05. The van der Waals surface area contributed by atoms with Gasteiger partial charge in [0, 0.05) is 4.47 Å². The predicted molar refractivity (Wildman–Crippen MR) is 89.1 cm³/mol. The molecule has 1 amide bonds. The zero-order chi connectivity index (χ0) is 16.8. The Morgan fingerprint density at radius 3 is 2.61 bits per heavy atom. The van der Waals surface area contributed by atoms with Crippen LogP contribution in [0.2, 0.25) is 0 Å². The van der Waals surface area contributed by atoms with E-state index in [0.29, 0.717) is 16.5 Å². The Bertz CT molecular complexity index is 734. The van der Waals surface area contributed by atoms with Gasteiger partial charge in [0.1, 0.15) is 5.82 Å². The molecule has 0 bridgehead atoms. The van der Waals surface area contributed by atoms with Gasteiger partial charge in [0.15, 0.2) is 0 Å². The summed E-state index contributed by atoms with van der Waals surface area (Å²) in [5.41, 5.74) is 0.566. The van der Waals surface area contributed by atoms with E-state index in [2.05, 4.69) is 21.2 Å². The van der Waals surface area contributed by atoms with Gasteiger partial charge >= 0.3 is 5.97 Å². The summed E-state index contributed by atoms with van der Waals surface area (Å²) in [6.45, 7) is 2.13. The van der Waals surface area contributed by atoms with E-state index >= 15 is 0 Å². The highest BCUT2D eigenvalue weighted by Crippen LogP contribution is 2.22. The number of hydrogen-bond acceptors (Lipinski definition) is 3. The molecule has 1 N–H and O–H groups in total. The van der Waals surface area contributed by atoms with Gasteiger partial charge in [-0.05, 0) is 52.7 Å². The van der Waals surface area contributed by atoms with Crippen LogP contribution in [0.15, 0.2) is 46.9 Å². The molecular formula is C17H15BrFNO3. The van der Waals surface area contributed by atoms with Crippen LogP contribution >= 0.6 is 15.9 Å². The van der Waals surface area contributed by atoms with E-state index < -0.39 is 17.7 Å². The lowest BCUT2D eigenvalue weighted by molar-refractivity contribution is 0.0506. The van der Waals surface area contributed by atoms with Crippen LogP contribution in [0.4, 0.5) is 10.1 Å². The lowest BCUT2D eigenvalue weighted by Gasteiger charge is -2.11. The molecule has 120 valence electrons. The van der Waals surface area contributed by atoms with Gasteiger partial charge < -0.3 is 10.1 Å². The average Bonchev–Trinajstić information content (AvgIpc) is 2.53. The van der Waals surface area contributed by atoms with Crippen molar-refractivity contribution in [2.24, 2.45) is 0 Å². The van der Waals surface area contributed by atoms with Crippen LogP contribution in [0.25, 0.3) is 0 Å². The van der Waals surface area contributed by atoms with Crippen LogP contribution in [-0.4, -0.2) is 18.5 Å². The molecule has 0 unspecified atom stereocenters. The number of halogens is 2. The lowest BCUT2D eigenvalue weighted by atomic mass is 10.1. The molecule has 0 saturated carbocycles. The van der Waals surface area contributed by atoms with Gasteiger partial charge in [0.2, 0.25) is 0 Å². The van der Waals surface area contributed by atoms with E-state index in [0.717, 1.165) is 12.1 Å². The van der Waals surface area contributed by atoms with Crippen LogP contribution in [0.5, 0.6) is 0 Å².